The number of amides is 1. The first kappa shape index (κ1) is 17.5. The number of unbranched alkanes of at least 4 members (excludes halogenated alkanes) is 3. The van der Waals surface area contributed by atoms with Crippen molar-refractivity contribution in [3.63, 3.8) is 0 Å². The Morgan fingerprint density at radius 1 is 0.880 bits per heavy atom. The van der Waals surface area contributed by atoms with Gasteiger partial charge in [0.25, 0.3) is 0 Å². The summed E-state index contributed by atoms with van der Waals surface area (Å²) in [5, 5.41) is 0. The van der Waals surface area contributed by atoms with Gasteiger partial charge in [-0.25, -0.2) is 0 Å². The van der Waals surface area contributed by atoms with Gasteiger partial charge in [0.1, 0.15) is 0 Å². The molecule has 0 saturated heterocycles. The second-order valence-electron chi connectivity index (χ2n) is 6.88. The number of carbonyl (C=O) groups is 1. The van der Waals surface area contributed by atoms with Crippen LogP contribution in [0.15, 0.2) is 72.9 Å². The van der Waals surface area contributed by atoms with Crippen molar-refractivity contribution in [2.75, 3.05) is 0 Å². The summed E-state index contributed by atoms with van der Waals surface area (Å²) in [5.74, 6) is 0.207. The van der Waals surface area contributed by atoms with Gasteiger partial charge in [-0.05, 0) is 23.6 Å². The third kappa shape index (κ3) is 3.84. The van der Waals surface area contributed by atoms with E-state index in [2.05, 4.69) is 37.3 Å². The molecule has 0 fully saturated rings. The number of hydrogen-bond donors (Lipinski definition) is 0. The van der Waals surface area contributed by atoms with Gasteiger partial charge in [0.2, 0.25) is 5.91 Å². The smallest absolute Gasteiger partial charge is 0.241 e. The summed E-state index contributed by atoms with van der Waals surface area (Å²) in [7, 11) is 0. The van der Waals surface area contributed by atoms with Crippen LogP contribution in [0.2, 0.25) is 0 Å². The Kier molecular flexibility index (Phi) is 5.70. The average Bonchev–Trinajstić information content (AvgIpc) is 2.98. The van der Waals surface area contributed by atoms with Gasteiger partial charge in [0.05, 0.1) is 12.0 Å². The van der Waals surface area contributed by atoms with Crippen LogP contribution in [0.1, 0.15) is 50.2 Å². The van der Waals surface area contributed by atoms with Crippen LogP contribution in [0.4, 0.5) is 0 Å². The first-order valence-corrected chi connectivity index (χ1v) is 9.36. The maximum atomic E-state index is 13.4. The van der Waals surface area contributed by atoms with Crippen molar-refractivity contribution in [2.45, 2.75) is 51.0 Å². The van der Waals surface area contributed by atoms with E-state index in [4.69, 9.17) is 0 Å². The number of carbonyl (C=O) groups excluding carboxylic acids is 1. The van der Waals surface area contributed by atoms with Crippen LogP contribution < -0.4 is 0 Å². The van der Waals surface area contributed by atoms with Crippen LogP contribution in [0.25, 0.3) is 0 Å². The molecule has 0 spiro atoms. The van der Waals surface area contributed by atoms with Crippen molar-refractivity contribution in [1.82, 2.24) is 4.90 Å². The number of hydrogen-bond acceptors (Lipinski definition) is 1. The van der Waals surface area contributed by atoms with Gasteiger partial charge in [-0.3, -0.25) is 4.79 Å². The van der Waals surface area contributed by atoms with Crippen molar-refractivity contribution >= 4 is 5.91 Å². The molecule has 25 heavy (non-hydrogen) atoms. The Labute approximate surface area is 151 Å². The molecule has 1 heterocycles. The molecule has 1 aliphatic rings. The van der Waals surface area contributed by atoms with E-state index in [1.54, 1.807) is 0 Å². The lowest BCUT2D eigenvalue weighted by Gasteiger charge is -2.28. The first-order chi connectivity index (χ1) is 12.3. The van der Waals surface area contributed by atoms with Gasteiger partial charge in [0, 0.05) is 6.20 Å². The van der Waals surface area contributed by atoms with Crippen LogP contribution in [0, 0.1) is 0 Å². The maximum absolute atomic E-state index is 13.4. The van der Waals surface area contributed by atoms with E-state index >= 15 is 0 Å². The molecule has 0 N–H and O–H groups in total. The summed E-state index contributed by atoms with van der Waals surface area (Å²) in [4.78, 5) is 15.2. The molecular weight excluding hydrogens is 306 g/mol. The highest BCUT2D eigenvalue weighted by Gasteiger charge is 2.43. The molecule has 1 amide bonds. The van der Waals surface area contributed by atoms with Crippen molar-refractivity contribution in [3.05, 3.63) is 84.1 Å². The largest absolute Gasteiger partial charge is 0.314 e. The number of rotatable bonds is 8. The highest BCUT2D eigenvalue weighted by Crippen LogP contribution is 2.38. The van der Waals surface area contributed by atoms with Gasteiger partial charge < -0.3 is 4.90 Å². The Balaban J connectivity index is 1.81. The molecule has 1 atom stereocenters. The summed E-state index contributed by atoms with van der Waals surface area (Å²) in [6.07, 6.45) is 9.71. The molecular formula is C23H27NO. The highest BCUT2D eigenvalue weighted by molar-refractivity contribution is 5.93. The zero-order valence-corrected chi connectivity index (χ0v) is 15.0. The fourth-order valence-electron chi connectivity index (χ4n) is 3.64. The van der Waals surface area contributed by atoms with Crippen molar-refractivity contribution in [2.24, 2.45) is 0 Å². The summed E-state index contributed by atoms with van der Waals surface area (Å²) in [6.45, 7) is 2.86. The van der Waals surface area contributed by atoms with Gasteiger partial charge in [-0.1, -0.05) is 93.3 Å². The van der Waals surface area contributed by atoms with Crippen molar-refractivity contribution in [1.29, 1.82) is 0 Å². The summed E-state index contributed by atoms with van der Waals surface area (Å²) >= 11 is 0. The van der Waals surface area contributed by atoms with Crippen LogP contribution in [-0.2, 0) is 16.8 Å². The Morgan fingerprint density at radius 2 is 1.56 bits per heavy atom. The minimum atomic E-state index is -0.496. The molecule has 2 aromatic carbocycles. The molecule has 2 nitrogen and oxygen atoms in total. The van der Waals surface area contributed by atoms with E-state index in [1.165, 1.54) is 19.3 Å². The monoisotopic (exact) mass is 333 g/mol. The van der Waals surface area contributed by atoms with E-state index in [9.17, 15) is 4.79 Å². The normalized spacial score (nSPS) is 19.6. The maximum Gasteiger partial charge on any atom is 0.241 e. The van der Waals surface area contributed by atoms with E-state index in [0.29, 0.717) is 6.54 Å². The Bertz CT molecular complexity index is 707. The number of benzene rings is 2. The summed E-state index contributed by atoms with van der Waals surface area (Å²) in [5.41, 5.74) is 1.78. The van der Waals surface area contributed by atoms with E-state index in [0.717, 1.165) is 24.0 Å². The molecule has 3 rings (SSSR count). The molecule has 1 unspecified atom stereocenters. The molecule has 0 aromatic heterocycles. The predicted molar refractivity (Wildman–Crippen MR) is 103 cm³/mol. The lowest BCUT2D eigenvalue weighted by atomic mass is 9.76. The van der Waals surface area contributed by atoms with Gasteiger partial charge in [0.15, 0.2) is 0 Å². The summed E-state index contributed by atoms with van der Waals surface area (Å²) in [6, 6.07) is 20.5. The third-order valence-electron chi connectivity index (χ3n) is 5.09. The zero-order valence-electron chi connectivity index (χ0n) is 15.0. The van der Waals surface area contributed by atoms with Crippen LogP contribution in [0.3, 0.4) is 0 Å². The molecule has 0 radical (unpaired) electrons. The van der Waals surface area contributed by atoms with Gasteiger partial charge in [-0.2, -0.15) is 0 Å². The molecule has 2 aromatic rings. The number of nitrogens with zero attached hydrogens (tertiary/aromatic N) is 1. The topological polar surface area (TPSA) is 20.3 Å². The van der Waals surface area contributed by atoms with E-state index in [1.807, 2.05) is 47.5 Å². The quantitative estimate of drug-likeness (QED) is 0.588. The van der Waals surface area contributed by atoms with Crippen LogP contribution in [0.5, 0.6) is 0 Å². The van der Waals surface area contributed by atoms with Gasteiger partial charge in [-0.15, -0.1) is 0 Å². The highest BCUT2D eigenvalue weighted by atomic mass is 16.2. The standard InChI is InChI=1S/C23H27NO/c1-2-3-4-11-16-23(21-14-9-6-10-15-21)17-18-24(22(23)25)19-20-12-7-5-8-13-20/h5-10,12-15,17-18H,2-4,11,16,19H2,1H3. The Hall–Kier alpha value is -2.35. The average molecular weight is 333 g/mol. The van der Waals surface area contributed by atoms with E-state index < -0.39 is 5.41 Å². The third-order valence-corrected chi connectivity index (χ3v) is 5.09. The molecule has 0 aliphatic carbocycles. The first-order valence-electron chi connectivity index (χ1n) is 9.36. The van der Waals surface area contributed by atoms with Crippen LogP contribution >= 0.6 is 0 Å². The molecule has 0 bridgehead atoms. The predicted octanol–water partition coefficient (Wildman–Crippen LogP) is 5.45. The molecule has 2 heteroatoms. The van der Waals surface area contributed by atoms with Crippen molar-refractivity contribution in [3.8, 4) is 0 Å². The minimum Gasteiger partial charge on any atom is -0.314 e. The molecule has 130 valence electrons. The summed E-state index contributed by atoms with van der Waals surface area (Å²) < 4.78 is 0. The lowest BCUT2D eigenvalue weighted by molar-refractivity contribution is -0.132. The Morgan fingerprint density at radius 3 is 2.24 bits per heavy atom. The molecule has 0 saturated carbocycles. The zero-order chi connectivity index (χ0) is 17.5. The van der Waals surface area contributed by atoms with Gasteiger partial charge >= 0.3 is 0 Å². The second-order valence-corrected chi connectivity index (χ2v) is 6.88. The minimum absolute atomic E-state index is 0.207. The second kappa shape index (κ2) is 8.15. The lowest BCUT2D eigenvalue weighted by Crippen LogP contribution is -2.38. The fraction of sp³-hybridized carbons (Fsp3) is 0.348. The fourth-order valence-corrected chi connectivity index (χ4v) is 3.64. The van der Waals surface area contributed by atoms with Crippen LogP contribution in [-0.4, -0.2) is 10.8 Å². The van der Waals surface area contributed by atoms with Crippen molar-refractivity contribution < 1.29 is 4.79 Å². The SMILES string of the molecule is CCCCCCC1(c2ccccc2)C=CN(Cc2ccccc2)C1=O. The van der Waals surface area contributed by atoms with E-state index in [-0.39, 0.29) is 5.91 Å². The molecule has 1 aliphatic heterocycles.